The second kappa shape index (κ2) is 8.41. The first-order valence-corrected chi connectivity index (χ1v) is 6.89. The van der Waals surface area contributed by atoms with Crippen LogP contribution in [0.5, 0.6) is 0 Å². The van der Waals surface area contributed by atoms with Crippen LogP contribution >= 0.6 is 24.0 Å². The van der Waals surface area contributed by atoms with Crippen molar-refractivity contribution in [3.05, 3.63) is 70.7 Å². The molecular formula is C16H17Cl2N3O. The Hall–Kier alpha value is -2.04. The molecule has 0 fully saturated rings. The SMILES string of the molecule is Cl.N=C(N)NC(=O)[C@H](Cc1ccccc1Cl)c1ccccc1. The molecular weight excluding hydrogens is 321 g/mol. The molecule has 4 nitrogen and oxygen atoms in total. The van der Waals surface area contributed by atoms with Gasteiger partial charge >= 0.3 is 0 Å². The van der Waals surface area contributed by atoms with Crippen LogP contribution in [0.1, 0.15) is 17.0 Å². The Bertz CT molecular complexity index is 647. The molecule has 0 heterocycles. The molecule has 0 spiro atoms. The molecule has 0 saturated carbocycles. The van der Waals surface area contributed by atoms with Crippen molar-refractivity contribution in [1.82, 2.24) is 5.32 Å². The summed E-state index contributed by atoms with van der Waals surface area (Å²) in [6.07, 6.45) is 0.447. The molecule has 6 heteroatoms. The number of benzene rings is 2. The van der Waals surface area contributed by atoms with Crippen LogP contribution in [0.15, 0.2) is 54.6 Å². The number of halogens is 2. The van der Waals surface area contributed by atoms with Crippen LogP contribution < -0.4 is 11.1 Å². The van der Waals surface area contributed by atoms with E-state index >= 15 is 0 Å². The predicted octanol–water partition coefficient (Wildman–Crippen LogP) is 3.10. The Morgan fingerprint density at radius 2 is 1.73 bits per heavy atom. The lowest BCUT2D eigenvalue weighted by Gasteiger charge is -2.17. The average molecular weight is 338 g/mol. The molecule has 0 radical (unpaired) electrons. The number of carbonyl (C=O) groups excluding carboxylic acids is 1. The van der Waals surface area contributed by atoms with Crippen LogP contribution in [-0.4, -0.2) is 11.9 Å². The van der Waals surface area contributed by atoms with Gasteiger partial charge in [-0.15, -0.1) is 12.4 Å². The number of guanidine groups is 1. The number of hydrogen-bond acceptors (Lipinski definition) is 2. The molecule has 2 aromatic carbocycles. The van der Waals surface area contributed by atoms with E-state index in [4.69, 9.17) is 22.7 Å². The fourth-order valence-electron chi connectivity index (χ4n) is 2.15. The van der Waals surface area contributed by atoms with E-state index in [-0.39, 0.29) is 24.3 Å². The Morgan fingerprint density at radius 1 is 1.14 bits per heavy atom. The lowest BCUT2D eigenvalue weighted by Crippen LogP contribution is -2.39. The summed E-state index contributed by atoms with van der Waals surface area (Å²) >= 11 is 6.17. The van der Waals surface area contributed by atoms with Crippen LogP contribution in [0.25, 0.3) is 0 Å². The number of hydrogen-bond donors (Lipinski definition) is 3. The zero-order chi connectivity index (χ0) is 15.2. The lowest BCUT2D eigenvalue weighted by atomic mass is 9.91. The zero-order valence-corrected chi connectivity index (χ0v) is 13.3. The third-order valence-electron chi connectivity index (χ3n) is 3.16. The third-order valence-corrected chi connectivity index (χ3v) is 3.53. The number of amides is 1. The van der Waals surface area contributed by atoms with E-state index in [1.165, 1.54) is 0 Å². The summed E-state index contributed by atoms with van der Waals surface area (Å²) in [5.74, 6) is -1.12. The van der Waals surface area contributed by atoms with Gasteiger partial charge in [-0.2, -0.15) is 0 Å². The van der Waals surface area contributed by atoms with Crippen molar-refractivity contribution >= 4 is 35.9 Å². The topological polar surface area (TPSA) is 79.0 Å². The minimum atomic E-state index is -0.449. The molecule has 116 valence electrons. The van der Waals surface area contributed by atoms with E-state index in [2.05, 4.69) is 5.32 Å². The molecule has 0 unspecified atom stereocenters. The summed E-state index contributed by atoms with van der Waals surface area (Å²) in [7, 11) is 0. The Labute approximate surface area is 140 Å². The van der Waals surface area contributed by atoms with Gasteiger partial charge in [-0.25, -0.2) is 0 Å². The molecule has 2 aromatic rings. The van der Waals surface area contributed by atoms with Gasteiger partial charge in [-0.05, 0) is 23.6 Å². The van der Waals surface area contributed by atoms with Crippen molar-refractivity contribution in [3.8, 4) is 0 Å². The minimum Gasteiger partial charge on any atom is -0.370 e. The van der Waals surface area contributed by atoms with E-state index < -0.39 is 5.92 Å². The fraction of sp³-hybridized carbons (Fsp3) is 0.125. The van der Waals surface area contributed by atoms with E-state index in [1.807, 2.05) is 48.5 Å². The molecule has 4 N–H and O–H groups in total. The highest BCUT2D eigenvalue weighted by molar-refractivity contribution is 6.31. The summed E-state index contributed by atoms with van der Waals surface area (Å²) < 4.78 is 0. The van der Waals surface area contributed by atoms with E-state index in [1.54, 1.807) is 6.07 Å². The van der Waals surface area contributed by atoms with Gasteiger partial charge in [0.2, 0.25) is 5.91 Å². The largest absolute Gasteiger partial charge is 0.370 e. The quantitative estimate of drug-likeness (QED) is 0.592. The summed E-state index contributed by atoms with van der Waals surface area (Å²) in [4.78, 5) is 12.3. The average Bonchev–Trinajstić information content (AvgIpc) is 2.46. The maximum atomic E-state index is 12.3. The Morgan fingerprint density at radius 3 is 2.32 bits per heavy atom. The van der Waals surface area contributed by atoms with Gasteiger partial charge in [0.15, 0.2) is 5.96 Å². The highest BCUT2D eigenvalue weighted by Crippen LogP contribution is 2.25. The summed E-state index contributed by atoms with van der Waals surface area (Å²) in [5, 5.41) is 10.2. The van der Waals surface area contributed by atoms with Crippen molar-refractivity contribution in [3.63, 3.8) is 0 Å². The summed E-state index contributed by atoms with van der Waals surface area (Å²) in [5.41, 5.74) is 7.00. The normalized spacial score (nSPS) is 11.1. The van der Waals surface area contributed by atoms with Crippen LogP contribution in [0.3, 0.4) is 0 Å². The van der Waals surface area contributed by atoms with Gasteiger partial charge in [0.25, 0.3) is 0 Å². The van der Waals surface area contributed by atoms with Crippen LogP contribution in [-0.2, 0) is 11.2 Å². The van der Waals surface area contributed by atoms with Gasteiger partial charge < -0.3 is 5.73 Å². The van der Waals surface area contributed by atoms with Crippen LogP contribution in [0.4, 0.5) is 0 Å². The van der Waals surface area contributed by atoms with Crippen LogP contribution in [0.2, 0.25) is 5.02 Å². The molecule has 22 heavy (non-hydrogen) atoms. The standard InChI is InChI=1S/C16H16ClN3O.ClH/c17-14-9-5-4-8-12(14)10-13(15(21)20-16(18)19)11-6-2-1-3-7-11;/h1-9,13H,10H2,(H4,18,19,20,21);1H/t13-;/m1./s1. The van der Waals surface area contributed by atoms with Crippen LogP contribution in [0, 0.1) is 5.41 Å². The molecule has 2 rings (SSSR count). The maximum Gasteiger partial charge on any atom is 0.234 e. The summed E-state index contributed by atoms with van der Waals surface area (Å²) in [6.45, 7) is 0. The fourth-order valence-corrected chi connectivity index (χ4v) is 2.36. The van der Waals surface area contributed by atoms with Crippen molar-refractivity contribution in [2.45, 2.75) is 12.3 Å². The van der Waals surface area contributed by atoms with Gasteiger partial charge in [-0.1, -0.05) is 60.1 Å². The van der Waals surface area contributed by atoms with E-state index in [9.17, 15) is 4.79 Å². The maximum absolute atomic E-state index is 12.3. The first-order chi connectivity index (χ1) is 10.1. The second-order valence-corrected chi connectivity index (χ2v) is 5.07. The highest BCUT2D eigenvalue weighted by atomic mass is 35.5. The van der Waals surface area contributed by atoms with Crippen molar-refractivity contribution < 1.29 is 4.79 Å². The second-order valence-electron chi connectivity index (χ2n) is 4.66. The number of rotatable bonds is 4. The van der Waals surface area contributed by atoms with Crippen molar-refractivity contribution in [2.24, 2.45) is 5.73 Å². The first kappa shape index (κ1) is 18.0. The van der Waals surface area contributed by atoms with Gasteiger partial charge in [0.05, 0.1) is 5.92 Å². The smallest absolute Gasteiger partial charge is 0.234 e. The Balaban J connectivity index is 0.00000242. The van der Waals surface area contributed by atoms with E-state index in [0.717, 1.165) is 11.1 Å². The minimum absolute atomic E-state index is 0. The Kier molecular flexibility index (Phi) is 6.89. The molecule has 0 aliphatic carbocycles. The molecule has 1 atom stereocenters. The van der Waals surface area contributed by atoms with Gasteiger partial charge in [0, 0.05) is 5.02 Å². The predicted molar refractivity (Wildman–Crippen MR) is 91.6 cm³/mol. The van der Waals surface area contributed by atoms with Gasteiger partial charge in [-0.3, -0.25) is 15.5 Å². The summed E-state index contributed by atoms with van der Waals surface area (Å²) in [6, 6.07) is 16.8. The molecule has 0 aliphatic rings. The number of nitrogens with one attached hydrogen (secondary N) is 2. The number of nitrogens with two attached hydrogens (primary N) is 1. The molecule has 0 aliphatic heterocycles. The van der Waals surface area contributed by atoms with Crippen molar-refractivity contribution in [1.29, 1.82) is 5.41 Å². The monoisotopic (exact) mass is 337 g/mol. The molecule has 0 saturated heterocycles. The number of carbonyl (C=O) groups is 1. The molecule has 0 aromatic heterocycles. The van der Waals surface area contributed by atoms with E-state index in [0.29, 0.717) is 11.4 Å². The third kappa shape index (κ3) is 4.76. The lowest BCUT2D eigenvalue weighted by molar-refractivity contribution is -0.121. The zero-order valence-electron chi connectivity index (χ0n) is 11.8. The van der Waals surface area contributed by atoms with Crippen molar-refractivity contribution in [2.75, 3.05) is 0 Å². The molecule has 1 amide bonds. The first-order valence-electron chi connectivity index (χ1n) is 6.51. The highest BCUT2D eigenvalue weighted by Gasteiger charge is 2.22. The van der Waals surface area contributed by atoms with Gasteiger partial charge in [0.1, 0.15) is 0 Å². The molecule has 0 bridgehead atoms.